The van der Waals surface area contributed by atoms with Crippen LogP contribution in [0.2, 0.25) is 0 Å². The van der Waals surface area contributed by atoms with Crippen LogP contribution in [0.1, 0.15) is 39.7 Å². The molecule has 0 saturated heterocycles. The van der Waals surface area contributed by atoms with Gasteiger partial charge in [0, 0.05) is 29.9 Å². The average molecular weight is 340 g/mol. The molecule has 24 heavy (non-hydrogen) atoms. The summed E-state index contributed by atoms with van der Waals surface area (Å²) in [5.74, 6) is -0.210. The number of amides is 1. The highest BCUT2D eigenvalue weighted by atomic mass is 32.1. The van der Waals surface area contributed by atoms with Crippen molar-refractivity contribution in [2.45, 2.75) is 32.4 Å². The monoisotopic (exact) mass is 340 g/mol. The van der Waals surface area contributed by atoms with E-state index in [1.54, 1.807) is 23.3 Å². The Morgan fingerprint density at radius 3 is 3.00 bits per heavy atom. The molecule has 0 atom stereocenters. The van der Waals surface area contributed by atoms with E-state index >= 15 is 0 Å². The second-order valence-corrected chi connectivity index (χ2v) is 7.17. The maximum atomic E-state index is 12.6. The van der Waals surface area contributed by atoms with Gasteiger partial charge in [0.2, 0.25) is 0 Å². The summed E-state index contributed by atoms with van der Waals surface area (Å²) in [6.07, 6.45) is 7.03. The van der Waals surface area contributed by atoms with Gasteiger partial charge in [-0.3, -0.25) is 19.1 Å². The molecule has 6 nitrogen and oxygen atoms in total. The third kappa shape index (κ3) is 2.60. The lowest BCUT2D eigenvalue weighted by Crippen LogP contribution is -2.24. The molecule has 122 valence electrons. The summed E-state index contributed by atoms with van der Waals surface area (Å²) < 4.78 is 2.25. The van der Waals surface area contributed by atoms with E-state index in [1.807, 2.05) is 19.1 Å². The molecule has 0 aromatic carbocycles. The zero-order valence-electron chi connectivity index (χ0n) is 13.2. The van der Waals surface area contributed by atoms with Crippen molar-refractivity contribution in [3.63, 3.8) is 0 Å². The normalized spacial score (nSPS) is 14.0. The maximum absolute atomic E-state index is 12.6. The number of aromatic nitrogens is 3. The van der Waals surface area contributed by atoms with E-state index < -0.39 is 0 Å². The van der Waals surface area contributed by atoms with Gasteiger partial charge in [-0.05, 0) is 31.4 Å². The molecule has 4 rings (SSSR count). The van der Waals surface area contributed by atoms with Crippen molar-refractivity contribution in [2.75, 3.05) is 0 Å². The average Bonchev–Trinajstić information content (AvgIpc) is 3.36. The Morgan fingerprint density at radius 1 is 1.46 bits per heavy atom. The highest BCUT2D eigenvalue weighted by molar-refractivity contribution is 7.19. The number of nitrogens with zero attached hydrogens (tertiary/aromatic N) is 3. The van der Waals surface area contributed by atoms with Crippen molar-refractivity contribution in [1.29, 1.82) is 0 Å². The number of carbonyl (C=O) groups excluding carboxylic acids is 1. The molecule has 3 aromatic heterocycles. The van der Waals surface area contributed by atoms with Crippen LogP contribution < -0.4 is 10.9 Å². The first kappa shape index (κ1) is 15.0. The van der Waals surface area contributed by atoms with Gasteiger partial charge in [-0.25, -0.2) is 4.98 Å². The Hall–Kier alpha value is -2.54. The number of hydrogen-bond donors (Lipinski definition) is 1. The molecule has 1 aliphatic rings. The molecule has 0 unspecified atom stereocenters. The highest BCUT2D eigenvalue weighted by Gasteiger charge is 2.27. The highest BCUT2D eigenvalue weighted by Crippen LogP contribution is 2.34. The van der Waals surface area contributed by atoms with Crippen LogP contribution in [0.3, 0.4) is 0 Å². The molecular weight excluding hydrogens is 324 g/mol. The van der Waals surface area contributed by atoms with Gasteiger partial charge >= 0.3 is 0 Å². The van der Waals surface area contributed by atoms with Gasteiger partial charge in [0.05, 0.1) is 11.9 Å². The van der Waals surface area contributed by atoms with Crippen molar-refractivity contribution in [3.05, 3.63) is 57.2 Å². The molecule has 1 aliphatic carbocycles. The van der Waals surface area contributed by atoms with E-state index in [2.05, 4.69) is 15.3 Å². The predicted octanol–water partition coefficient (Wildman–Crippen LogP) is 2.43. The zero-order valence-corrected chi connectivity index (χ0v) is 14.0. The van der Waals surface area contributed by atoms with Gasteiger partial charge < -0.3 is 5.32 Å². The third-order valence-corrected chi connectivity index (χ3v) is 5.22. The topological polar surface area (TPSA) is 76.9 Å². The fourth-order valence-electron chi connectivity index (χ4n) is 2.74. The first-order valence-electron chi connectivity index (χ1n) is 7.82. The van der Waals surface area contributed by atoms with Crippen LogP contribution in [0.4, 0.5) is 0 Å². The predicted molar refractivity (Wildman–Crippen MR) is 92.3 cm³/mol. The van der Waals surface area contributed by atoms with Crippen molar-refractivity contribution in [3.8, 4) is 0 Å². The lowest BCUT2D eigenvalue weighted by atomic mass is 10.2. The second-order valence-electron chi connectivity index (χ2n) is 5.94. The van der Waals surface area contributed by atoms with E-state index in [-0.39, 0.29) is 17.5 Å². The van der Waals surface area contributed by atoms with Crippen LogP contribution in [-0.4, -0.2) is 20.4 Å². The van der Waals surface area contributed by atoms with Gasteiger partial charge in [-0.15, -0.1) is 11.3 Å². The van der Waals surface area contributed by atoms with Crippen LogP contribution in [0.25, 0.3) is 10.2 Å². The van der Waals surface area contributed by atoms with Crippen LogP contribution in [-0.2, 0) is 6.54 Å². The Labute approximate surface area is 142 Å². The molecule has 0 spiro atoms. The first-order chi connectivity index (χ1) is 11.6. The van der Waals surface area contributed by atoms with Crippen molar-refractivity contribution in [2.24, 2.45) is 0 Å². The molecule has 7 heteroatoms. The molecule has 1 fully saturated rings. The van der Waals surface area contributed by atoms with Gasteiger partial charge in [-0.2, -0.15) is 0 Å². The maximum Gasteiger partial charge on any atom is 0.271 e. The first-order valence-corrected chi connectivity index (χ1v) is 8.64. The van der Waals surface area contributed by atoms with Gasteiger partial charge in [0.25, 0.3) is 11.5 Å². The minimum absolute atomic E-state index is 0.0399. The van der Waals surface area contributed by atoms with E-state index in [4.69, 9.17) is 0 Å². The second kappa shape index (κ2) is 5.83. The number of thiophene rings is 1. The molecule has 3 aromatic rings. The summed E-state index contributed by atoms with van der Waals surface area (Å²) in [5, 5.41) is 2.88. The number of nitrogens with one attached hydrogen (secondary N) is 1. The molecule has 1 N–H and O–H groups in total. The molecule has 1 saturated carbocycles. The summed E-state index contributed by atoms with van der Waals surface area (Å²) in [6, 6.07) is 4.01. The number of fused-ring (bicyclic) bond motifs is 1. The van der Waals surface area contributed by atoms with E-state index in [1.165, 1.54) is 11.3 Å². The van der Waals surface area contributed by atoms with Crippen LogP contribution in [0.15, 0.2) is 35.6 Å². The number of aryl methyl sites for hydroxylation is 1. The molecule has 0 radical (unpaired) electrons. The quantitative estimate of drug-likeness (QED) is 0.791. The molecule has 0 aliphatic heterocycles. The lowest BCUT2D eigenvalue weighted by molar-refractivity contribution is 0.0952. The smallest absolute Gasteiger partial charge is 0.271 e. The minimum atomic E-state index is -0.210. The van der Waals surface area contributed by atoms with Crippen molar-refractivity contribution >= 4 is 27.5 Å². The number of carbonyl (C=O) groups is 1. The van der Waals surface area contributed by atoms with Gasteiger partial charge in [-0.1, -0.05) is 6.07 Å². The van der Waals surface area contributed by atoms with Crippen molar-refractivity contribution < 1.29 is 4.79 Å². The van der Waals surface area contributed by atoms with E-state index in [9.17, 15) is 9.59 Å². The summed E-state index contributed by atoms with van der Waals surface area (Å²) in [7, 11) is 0. The summed E-state index contributed by atoms with van der Waals surface area (Å²) in [4.78, 5) is 34.4. The van der Waals surface area contributed by atoms with Gasteiger partial charge in [0.1, 0.15) is 10.2 Å². The van der Waals surface area contributed by atoms with E-state index in [0.29, 0.717) is 22.3 Å². The number of rotatable bonds is 4. The standard InChI is InChI=1S/C17H16N4O2S/c1-10-13(16(22)19-8-11-3-2-6-18-7-11)14-15(24-10)17(23)21(9-20-14)12-4-5-12/h2-3,6-7,9,12H,4-5,8H2,1H3,(H,19,22). The Bertz CT molecular complexity index is 973. The number of hydrogen-bond acceptors (Lipinski definition) is 5. The number of pyridine rings is 1. The fraction of sp³-hybridized carbons (Fsp3) is 0.294. The van der Waals surface area contributed by atoms with Crippen LogP contribution in [0.5, 0.6) is 0 Å². The minimum Gasteiger partial charge on any atom is -0.348 e. The lowest BCUT2D eigenvalue weighted by Gasteiger charge is -2.06. The van der Waals surface area contributed by atoms with Crippen LogP contribution >= 0.6 is 11.3 Å². The zero-order chi connectivity index (χ0) is 16.7. The van der Waals surface area contributed by atoms with Gasteiger partial charge in [0.15, 0.2) is 0 Å². The van der Waals surface area contributed by atoms with E-state index in [0.717, 1.165) is 23.3 Å². The molecule has 3 heterocycles. The molecule has 1 amide bonds. The SMILES string of the molecule is Cc1sc2c(=O)n(C3CC3)cnc2c1C(=O)NCc1cccnc1. The largest absolute Gasteiger partial charge is 0.348 e. The van der Waals surface area contributed by atoms with Crippen LogP contribution in [0, 0.1) is 6.92 Å². The Morgan fingerprint density at radius 2 is 2.29 bits per heavy atom. The third-order valence-electron chi connectivity index (χ3n) is 4.14. The Balaban J connectivity index is 1.66. The summed E-state index contributed by atoms with van der Waals surface area (Å²) in [5.41, 5.74) is 1.89. The summed E-state index contributed by atoms with van der Waals surface area (Å²) in [6.45, 7) is 2.24. The summed E-state index contributed by atoms with van der Waals surface area (Å²) >= 11 is 1.35. The fourth-order valence-corrected chi connectivity index (χ4v) is 3.79. The molecule has 0 bridgehead atoms. The Kier molecular flexibility index (Phi) is 3.65. The molecular formula is C17H16N4O2S. The van der Waals surface area contributed by atoms with Crippen molar-refractivity contribution in [1.82, 2.24) is 19.9 Å².